The van der Waals surface area contributed by atoms with Crippen LogP contribution in [-0.2, 0) is 16.0 Å². The van der Waals surface area contributed by atoms with Gasteiger partial charge in [-0.1, -0.05) is 34.1 Å². The fraction of sp³-hybridized carbons (Fsp3) is 0.273. The number of fused-ring (bicyclic) bond motifs is 1. The maximum absolute atomic E-state index is 13.1. The molecule has 2 aromatic carbocycles. The van der Waals surface area contributed by atoms with E-state index in [1.54, 1.807) is 6.92 Å². The molecule has 1 aromatic heterocycles. The number of nitrogens with one attached hydrogen (secondary N) is 3. The van der Waals surface area contributed by atoms with E-state index in [4.69, 9.17) is 4.74 Å². The molecule has 29 heavy (non-hydrogen) atoms. The zero-order chi connectivity index (χ0) is 21.0. The van der Waals surface area contributed by atoms with E-state index in [1.165, 1.54) is 0 Å². The average Bonchev–Trinajstić information content (AvgIpc) is 3.07. The molecule has 0 bridgehead atoms. The lowest BCUT2D eigenvalue weighted by Gasteiger charge is -2.20. The number of para-hydroxylation sites is 1. The van der Waals surface area contributed by atoms with Crippen molar-refractivity contribution in [1.82, 2.24) is 10.3 Å². The minimum absolute atomic E-state index is 0.234. The zero-order valence-electron chi connectivity index (χ0n) is 16.6. The predicted molar refractivity (Wildman–Crippen MR) is 118 cm³/mol. The van der Waals surface area contributed by atoms with Crippen LogP contribution >= 0.6 is 15.9 Å². The third kappa shape index (κ3) is 4.98. The Bertz CT molecular complexity index is 1020. The molecule has 6 nitrogen and oxygen atoms in total. The molecule has 7 heteroatoms. The molecule has 0 unspecified atom stereocenters. The molecule has 3 rings (SSSR count). The number of alkyl carbamates (subject to hydrolysis) is 1. The Hall–Kier alpha value is -2.80. The summed E-state index contributed by atoms with van der Waals surface area (Å²) < 4.78 is 5.95. The number of carbonyl (C=O) groups excluding carboxylic acids is 2. The number of aryl methyl sites for hydroxylation is 2. The second-order valence-electron chi connectivity index (χ2n) is 6.88. The zero-order valence-corrected chi connectivity index (χ0v) is 18.2. The van der Waals surface area contributed by atoms with Crippen LogP contribution in [0.15, 0.2) is 47.1 Å². The first kappa shape index (κ1) is 20.9. The Labute approximate surface area is 178 Å². The Morgan fingerprint density at radius 3 is 2.55 bits per heavy atom. The van der Waals surface area contributed by atoms with Crippen LogP contribution in [0.5, 0.6) is 0 Å². The summed E-state index contributed by atoms with van der Waals surface area (Å²) in [5, 5.41) is 6.69. The number of H-pyrrole nitrogens is 1. The lowest BCUT2D eigenvalue weighted by molar-refractivity contribution is -0.118. The number of halogens is 1. The van der Waals surface area contributed by atoms with Gasteiger partial charge in [-0.05, 0) is 55.7 Å². The smallest absolute Gasteiger partial charge is 0.407 e. The van der Waals surface area contributed by atoms with Gasteiger partial charge < -0.3 is 20.4 Å². The van der Waals surface area contributed by atoms with Crippen molar-refractivity contribution < 1.29 is 14.3 Å². The monoisotopic (exact) mass is 457 g/mol. The Morgan fingerprint density at radius 1 is 1.17 bits per heavy atom. The topological polar surface area (TPSA) is 83.2 Å². The third-order valence-corrected chi connectivity index (χ3v) is 5.19. The van der Waals surface area contributed by atoms with Gasteiger partial charge in [-0.25, -0.2) is 4.79 Å². The molecule has 1 heterocycles. The summed E-state index contributed by atoms with van der Waals surface area (Å²) in [5.41, 5.74) is 4.55. The Morgan fingerprint density at radius 2 is 1.86 bits per heavy atom. The molecule has 1 atom stereocenters. The van der Waals surface area contributed by atoms with Gasteiger partial charge in [0.05, 0.1) is 6.61 Å². The molecular formula is C22H24BrN3O3. The normalized spacial score (nSPS) is 11.9. The highest BCUT2D eigenvalue weighted by Crippen LogP contribution is 2.26. The van der Waals surface area contributed by atoms with E-state index >= 15 is 0 Å². The van der Waals surface area contributed by atoms with Gasteiger partial charge in [0, 0.05) is 33.7 Å². The number of ether oxygens (including phenoxy) is 1. The SMILES string of the molecule is CCOC(=O)N[C@H](Cc1c[nH]c2ccccc12)C(=O)Nc1c(C)cc(Br)cc1C. The van der Waals surface area contributed by atoms with Gasteiger partial charge in [-0.2, -0.15) is 0 Å². The molecule has 0 fully saturated rings. The van der Waals surface area contributed by atoms with E-state index in [1.807, 2.05) is 56.4 Å². The van der Waals surface area contributed by atoms with Crippen LogP contribution in [0.3, 0.4) is 0 Å². The van der Waals surface area contributed by atoms with Crippen molar-refractivity contribution in [2.24, 2.45) is 0 Å². The van der Waals surface area contributed by atoms with Gasteiger partial charge in [0.25, 0.3) is 0 Å². The largest absolute Gasteiger partial charge is 0.450 e. The van der Waals surface area contributed by atoms with Crippen molar-refractivity contribution in [3.8, 4) is 0 Å². The van der Waals surface area contributed by atoms with Crippen molar-refractivity contribution in [2.45, 2.75) is 33.2 Å². The van der Waals surface area contributed by atoms with Crippen LogP contribution in [0, 0.1) is 13.8 Å². The lowest BCUT2D eigenvalue weighted by Crippen LogP contribution is -2.45. The predicted octanol–water partition coefficient (Wildman–Crippen LogP) is 4.84. The molecule has 0 aliphatic heterocycles. The summed E-state index contributed by atoms with van der Waals surface area (Å²) in [6.45, 7) is 5.82. The molecule has 0 aliphatic carbocycles. The van der Waals surface area contributed by atoms with E-state index in [-0.39, 0.29) is 12.5 Å². The maximum Gasteiger partial charge on any atom is 0.407 e. The van der Waals surface area contributed by atoms with Crippen molar-refractivity contribution in [2.75, 3.05) is 11.9 Å². The van der Waals surface area contributed by atoms with Crippen molar-refractivity contribution >= 4 is 44.5 Å². The number of aromatic nitrogens is 1. The summed E-state index contributed by atoms with van der Waals surface area (Å²) >= 11 is 3.47. The lowest BCUT2D eigenvalue weighted by atomic mass is 10.0. The summed E-state index contributed by atoms with van der Waals surface area (Å²) in [6.07, 6.45) is 1.59. The number of hydrogen-bond acceptors (Lipinski definition) is 3. The minimum Gasteiger partial charge on any atom is -0.450 e. The molecule has 0 saturated carbocycles. The fourth-order valence-electron chi connectivity index (χ4n) is 3.36. The second kappa shape index (κ2) is 9.13. The molecule has 0 saturated heterocycles. The molecule has 0 aliphatic rings. The number of hydrogen-bond donors (Lipinski definition) is 3. The van der Waals surface area contributed by atoms with Crippen LogP contribution in [0.1, 0.15) is 23.6 Å². The number of carbonyl (C=O) groups is 2. The molecule has 2 amide bonds. The first-order valence-corrected chi connectivity index (χ1v) is 10.2. The van der Waals surface area contributed by atoms with Crippen molar-refractivity contribution in [3.05, 3.63) is 63.8 Å². The van der Waals surface area contributed by atoms with E-state index in [2.05, 4.69) is 31.5 Å². The van der Waals surface area contributed by atoms with E-state index in [0.717, 1.165) is 37.8 Å². The molecule has 0 spiro atoms. The van der Waals surface area contributed by atoms with Crippen LogP contribution in [0.2, 0.25) is 0 Å². The van der Waals surface area contributed by atoms with Gasteiger partial charge in [-0.15, -0.1) is 0 Å². The third-order valence-electron chi connectivity index (χ3n) is 4.73. The first-order valence-electron chi connectivity index (χ1n) is 9.45. The first-order chi connectivity index (χ1) is 13.9. The summed E-state index contributed by atoms with van der Waals surface area (Å²) in [4.78, 5) is 28.4. The number of aromatic amines is 1. The number of anilines is 1. The highest BCUT2D eigenvalue weighted by molar-refractivity contribution is 9.10. The standard InChI is InChI=1S/C22H24BrN3O3/c1-4-29-22(28)25-19(11-15-12-24-18-8-6-5-7-17(15)18)21(27)26-20-13(2)9-16(23)10-14(20)3/h5-10,12,19,24H,4,11H2,1-3H3,(H,25,28)(H,26,27)/t19-/m1/s1. The number of rotatable bonds is 6. The Kier molecular flexibility index (Phi) is 6.59. The van der Waals surface area contributed by atoms with Gasteiger partial charge in [0.1, 0.15) is 6.04 Å². The fourth-order valence-corrected chi connectivity index (χ4v) is 4.05. The van der Waals surface area contributed by atoms with Crippen molar-refractivity contribution in [1.29, 1.82) is 0 Å². The second-order valence-corrected chi connectivity index (χ2v) is 7.80. The Balaban J connectivity index is 1.86. The molecular weight excluding hydrogens is 434 g/mol. The molecule has 3 aromatic rings. The highest BCUT2D eigenvalue weighted by atomic mass is 79.9. The molecule has 152 valence electrons. The van der Waals surface area contributed by atoms with Gasteiger partial charge in [-0.3, -0.25) is 4.79 Å². The summed E-state index contributed by atoms with van der Waals surface area (Å²) in [7, 11) is 0. The van der Waals surface area contributed by atoms with Crippen LogP contribution in [0.4, 0.5) is 10.5 Å². The van der Waals surface area contributed by atoms with E-state index < -0.39 is 12.1 Å². The average molecular weight is 458 g/mol. The van der Waals surface area contributed by atoms with Gasteiger partial charge in [0.2, 0.25) is 5.91 Å². The quantitative estimate of drug-likeness (QED) is 0.494. The van der Waals surface area contributed by atoms with E-state index in [0.29, 0.717) is 6.42 Å². The highest BCUT2D eigenvalue weighted by Gasteiger charge is 2.24. The van der Waals surface area contributed by atoms with Crippen LogP contribution in [0.25, 0.3) is 10.9 Å². The maximum atomic E-state index is 13.1. The minimum atomic E-state index is -0.782. The number of amides is 2. The molecule has 3 N–H and O–H groups in total. The van der Waals surface area contributed by atoms with Crippen molar-refractivity contribution in [3.63, 3.8) is 0 Å². The number of benzene rings is 2. The van der Waals surface area contributed by atoms with Gasteiger partial charge >= 0.3 is 6.09 Å². The molecule has 0 radical (unpaired) electrons. The summed E-state index contributed by atoms with van der Waals surface area (Å²) in [5.74, 6) is -0.295. The van der Waals surface area contributed by atoms with Crippen LogP contribution < -0.4 is 10.6 Å². The van der Waals surface area contributed by atoms with Crippen LogP contribution in [-0.4, -0.2) is 29.6 Å². The summed E-state index contributed by atoms with van der Waals surface area (Å²) in [6, 6.07) is 11.0. The van der Waals surface area contributed by atoms with Gasteiger partial charge in [0.15, 0.2) is 0 Å². The van der Waals surface area contributed by atoms with E-state index in [9.17, 15) is 9.59 Å².